The fourth-order valence-electron chi connectivity index (χ4n) is 3.16. The first-order chi connectivity index (χ1) is 10.2. The fraction of sp³-hybridized carbons (Fsp3) is 0.625. The van der Waals surface area contributed by atoms with Crippen molar-refractivity contribution >= 4 is 0 Å². The largest absolute Gasteiger partial charge is 0.484 e. The van der Waals surface area contributed by atoms with E-state index in [9.17, 15) is 8.78 Å². The summed E-state index contributed by atoms with van der Waals surface area (Å²) >= 11 is 0. The second kappa shape index (κ2) is 6.71. The van der Waals surface area contributed by atoms with Crippen LogP contribution in [0.3, 0.4) is 0 Å². The van der Waals surface area contributed by atoms with Crippen molar-refractivity contribution in [3.05, 3.63) is 29.3 Å². The van der Waals surface area contributed by atoms with Gasteiger partial charge in [-0.3, -0.25) is 0 Å². The molecule has 2 saturated heterocycles. The van der Waals surface area contributed by atoms with Crippen LogP contribution in [-0.2, 0) is 0 Å². The van der Waals surface area contributed by atoms with E-state index in [4.69, 9.17) is 4.74 Å². The van der Waals surface area contributed by atoms with Crippen LogP contribution in [0.1, 0.15) is 37.2 Å². The Bertz CT molecular complexity index is 460. The monoisotopic (exact) mass is 296 g/mol. The summed E-state index contributed by atoms with van der Waals surface area (Å²) in [5.41, 5.74) is 0.754. The van der Waals surface area contributed by atoms with Gasteiger partial charge >= 0.3 is 0 Å². The predicted octanol–water partition coefficient (Wildman–Crippen LogP) is 2.56. The van der Waals surface area contributed by atoms with Gasteiger partial charge in [-0.05, 0) is 75.5 Å². The highest BCUT2D eigenvalue weighted by Gasteiger charge is 2.23. The maximum Gasteiger partial charge on any atom is 0.191 e. The third-order valence-corrected chi connectivity index (χ3v) is 4.40. The molecule has 3 nitrogen and oxygen atoms in total. The SMILES string of the molecule is Fc1cc(C2CCNCC2)cc(F)c1OC1CCNCC1. The van der Waals surface area contributed by atoms with Crippen molar-refractivity contribution in [2.24, 2.45) is 0 Å². The van der Waals surface area contributed by atoms with E-state index in [0.29, 0.717) is 0 Å². The molecule has 2 heterocycles. The van der Waals surface area contributed by atoms with Crippen LogP contribution in [0, 0.1) is 11.6 Å². The second-order valence-corrected chi connectivity index (χ2v) is 5.91. The van der Waals surface area contributed by atoms with Crippen molar-refractivity contribution in [2.45, 2.75) is 37.7 Å². The lowest BCUT2D eigenvalue weighted by Gasteiger charge is -2.26. The summed E-state index contributed by atoms with van der Waals surface area (Å²) < 4.78 is 34.0. The minimum atomic E-state index is -0.568. The number of hydrogen-bond acceptors (Lipinski definition) is 3. The lowest BCUT2D eigenvalue weighted by Crippen LogP contribution is -2.34. The molecule has 0 amide bonds. The van der Waals surface area contributed by atoms with Gasteiger partial charge < -0.3 is 15.4 Å². The highest BCUT2D eigenvalue weighted by atomic mass is 19.1. The third kappa shape index (κ3) is 3.52. The Balaban J connectivity index is 1.75. The summed E-state index contributed by atoms with van der Waals surface area (Å²) in [7, 11) is 0. The van der Waals surface area contributed by atoms with Gasteiger partial charge in [0, 0.05) is 0 Å². The molecule has 2 aliphatic heterocycles. The molecule has 3 rings (SSSR count). The highest BCUT2D eigenvalue weighted by Crippen LogP contribution is 2.32. The van der Waals surface area contributed by atoms with Crippen molar-refractivity contribution in [3.63, 3.8) is 0 Å². The molecular weight excluding hydrogens is 274 g/mol. The normalized spacial score (nSPS) is 21.4. The zero-order valence-corrected chi connectivity index (χ0v) is 12.1. The number of halogens is 2. The van der Waals surface area contributed by atoms with Crippen LogP contribution in [0.25, 0.3) is 0 Å². The molecule has 0 spiro atoms. The molecule has 0 atom stereocenters. The molecule has 5 heteroatoms. The zero-order valence-electron chi connectivity index (χ0n) is 12.1. The number of benzene rings is 1. The summed E-state index contributed by atoms with van der Waals surface area (Å²) in [6.07, 6.45) is 3.32. The molecule has 2 aliphatic rings. The summed E-state index contributed by atoms with van der Waals surface area (Å²) in [6.45, 7) is 3.48. The molecular formula is C16H22F2N2O. The average molecular weight is 296 g/mol. The van der Waals surface area contributed by atoms with Crippen LogP contribution in [0.15, 0.2) is 12.1 Å². The summed E-state index contributed by atoms with van der Waals surface area (Å²) in [4.78, 5) is 0. The first-order valence-electron chi connectivity index (χ1n) is 7.81. The quantitative estimate of drug-likeness (QED) is 0.899. The summed E-state index contributed by atoms with van der Waals surface area (Å²) in [5.74, 6) is -1.10. The van der Waals surface area contributed by atoms with E-state index in [1.807, 2.05) is 0 Å². The zero-order chi connectivity index (χ0) is 14.7. The molecule has 2 fully saturated rings. The van der Waals surface area contributed by atoms with Gasteiger partial charge in [-0.2, -0.15) is 0 Å². The summed E-state index contributed by atoms with van der Waals surface area (Å²) in [5, 5.41) is 6.47. The standard InChI is InChI=1S/C16H22F2N2O/c17-14-9-12(11-1-5-19-6-2-11)10-15(18)16(14)21-13-3-7-20-8-4-13/h9-11,13,19-20H,1-8H2. The Morgan fingerprint density at radius 1 is 0.857 bits per heavy atom. The van der Waals surface area contributed by atoms with Crippen molar-refractivity contribution in [1.29, 1.82) is 0 Å². The Morgan fingerprint density at radius 2 is 1.38 bits per heavy atom. The molecule has 0 aromatic heterocycles. The topological polar surface area (TPSA) is 33.3 Å². The molecule has 0 unspecified atom stereocenters. The Labute approximate surface area is 124 Å². The van der Waals surface area contributed by atoms with Gasteiger partial charge in [0.2, 0.25) is 0 Å². The van der Waals surface area contributed by atoms with Gasteiger partial charge in [0.25, 0.3) is 0 Å². The van der Waals surface area contributed by atoms with Crippen LogP contribution in [-0.4, -0.2) is 32.3 Å². The molecule has 0 saturated carbocycles. The van der Waals surface area contributed by atoms with Crippen molar-refractivity contribution in [2.75, 3.05) is 26.2 Å². The number of ether oxygens (including phenoxy) is 1. The lowest BCUT2D eigenvalue weighted by molar-refractivity contribution is 0.148. The van der Waals surface area contributed by atoms with E-state index in [-0.39, 0.29) is 17.8 Å². The molecule has 1 aromatic carbocycles. The average Bonchev–Trinajstić information content (AvgIpc) is 2.52. The first kappa shape index (κ1) is 14.7. The van der Waals surface area contributed by atoms with Gasteiger partial charge in [0.05, 0.1) is 0 Å². The third-order valence-electron chi connectivity index (χ3n) is 4.40. The highest BCUT2D eigenvalue weighted by molar-refractivity contribution is 5.33. The Morgan fingerprint density at radius 3 is 1.95 bits per heavy atom. The van der Waals surface area contributed by atoms with E-state index >= 15 is 0 Å². The van der Waals surface area contributed by atoms with Gasteiger partial charge in [0.1, 0.15) is 6.10 Å². The number of piperidine rings is 2. The molecule has 0 radical (unpaired) electrons. The lowest BCUT2D eigenvalue weighted by atomic mass is 9.90. The predicted molar refractivity (Wildman–Crippen MR) is 77.7 cm³/mol. The van der Waals surface area contributed by atoms with E-state index < -0.39 is 11.6 Å². The maximum absolute atomic E-state index is 14.2. The van der Waals surface area contributed by atoms with Crippen LogP contribution in [0.5, 0.6) is 5.75 Å². The maximum atomic E-state index is 14.2. The Kier molecular flexibility index (Phi) is 4.70. The number of nitrogens with one attached hydrogen (secondary N) is 2. The molecule has 2 N–H and O–H groups in total. The van der Waals surface area contributed by atoms with Crippen LogP contribution in [0.4, 0.5) is 8.78 Å². The second-order valence-electron chi connectivity index (χ2n) is 5.91. The molecule has 21 heavy (non-hydrogen) atoms. The van der Waals surface area contributed by atoms with E-state index in [1.165, 1.54) is 12.1 Å². The van der Waals surface area contributed by atoms with Crippen molar-refractivity contribution < 1.29 is 13.5 Å². The smallest absolute Gasteiger partial charge is 0.191 e. The van der Waals surface area contributed by atoms with Gasteiger partial charge in [-0.15, -0.1) is 0 Å². The minimum Gasteiger partial charge on any atom is -0.484 e. The van der Waals surface area contributed by atoms with Crippen LogP contribution in [0.2, 0.25) is 0 Å². The van der Waals surface area contributed by atoms with Gasteiger partial charge in [-0.1, -0.05) is 0 Å². The minimum absolute atomic E-state index is 0.0972. The van der Waals surface area contributed by atoms with E-state index in [1.54, 1.807) is 0 Å². The van der Waals surface area contributed by atoms with E-state index in [0.717, 1.165) is 57.4 Å². The van der Waals surface area contributed by atoms with E-state index in [2.05, 4.69) is 10.6 Å². The number of rotatable bonds is 3. The van der Waals surface area contributed by atoms with Gasteiger partial charge in [-0.25, -0.2) is 8.78 Å². The van der Waals surface area contributed by atoms with Crippen molar-refractivity contribution in [3.8, 4) is 5.75 Å². The number of hydrogen-bond donors (Lipinski definition) is 2. The Hall–Kier alpha value is -1.20. The fourth-order valence-corrected chi connectivity index (χ4v) is 3.16. The molecule has 1 aromatic rings. The van der Waals surface area contributed by atoms with Crippen molar-refractivity contribution in [1.82, 2.24) is 10.6 Å². The van der Waals surface area contributed by atoms with Crippen LogP contribution >= 0.6 is 0 Å². The van der Waals surface area contributed by atoms with Crippen LogP contribution < -0.4 is 15.4 Å². The summed E-state index contributed by atoms with van der Waals surface area (Å²) in [6, 6.07) is 2.91. The first-order valence-corrected chi connectivity index (χ1v) is 7.81. The van der Waals surface area contributed by atoms with Gasteiger partial charge in [0.15, 0.2) is 17.4 Å². The molecule has 0 bridgehead atoms. The molecule has 116 valence electrons. The molecule has 0 aliphatic carbocycles.